The first kappa shape index (κ1) is 30.4. The molecule has 0 aliphatic heterocycles. The highest BCUT2D eigenvalue weighted by Gasteiger charge is 2.31. The molecule has 216 valence electrons. The quantitative estimate of drug-likeness (QED) is 0.215. The van der Waals surface area contributed by atoms with Crippen LogP contribution in [0.4, 0.5) is 17.6 Å². The fraction of sp³-hybridized carbons (Fsp3) is 0.267. The highest BCUT2D eigenvalue weighted by Crippen LogP contribution is 2.37. The molecule has 1 N–H and O–H groups in total. The Bertz CT molecular complexity index is 1580. The molecule has 1 amide bonds. The van der Waals surface area contributed by atoms with Crippen LogP contribution in [-0.4, -0.2) is 21.7 Å². The maximum atomic E-state index is 15.1. The number of imidazole rings is 1. The third-order valence-electron chi connectivity index (χ3n) is 7.03. The topological polar surface area (TPSA) is 55.6 Å². The van der Waals surface area contributed by atoms with E-state index in [9.17, 15) is 18.0 Å². The Hall–Kier alpha value is -3.56. The molecule has 0 spiro atoms. The molecule has 41 heavy (non-hydrogen) atoms. The first-order valence-corrected chi connectivity index (χ1v) is 13.3. The number of fused-ring (bicyclic) bond motifs is 1. The van der Waals surface area contributed by atoms with E-state index in [1.54, 1.807) is 47.0 Å². The molecule has 4 aromatic rings. The number of allylic oxidation sites excluding steroid dienone is 2. The molecule has 1 aliphatic rings. The van der Waals surface area contributed by atoms with E-state index in [-0.39, 0.29) is 42.3 Å². The van der Waals surface area contributed by atoms with Crippen LogP contribution in [-0.2, 0) is 13.0 Å². The minimum absolute atomic E-state index is 0. The Kier molecular flexibility index (Phi) is 9.29. The number of aromatic nitrogens is 2. The van der Waals surface area contributed by atoms with Crippen molar-refractivity contribution >= 4 is 41.1 Å². The second-order valence-corrected chi connectivity index (χ2v) is 10.1. The number of aryl methyl sites for hydroxylation is 1. The molecule has 2 heterocycles. The van der Waals surface area contributed by atoms with E-state index < -0.39 is 6.36 Å². The van der Waals surface area contributed by atoms with E-state index in [0.717, 1.165) is 17.6 Å². The van der Waals surface area contributed by atoms with E-state index in [2.05, 4.69) is 15.0 Å². The Labute approximate surface area is 245 Å². The Balaban J connectivity index is 0.00000387. The van der Waals surface area contributed by atoms with Crippen molar-refractivity contribution in [3.8, 4) is 5.75 Å². The predicted octanol–water partition coefficient (Wildman–Crippen LogP) is 8.29. The zero-order chi connectivity index (χ0) is 28.4. The molecule has 0 bridgehead atoms. The summed E-state index contributed by atoms with van der Waals surface area (Å²) in [5, 5.41) is 3.34. The van der Waals surface area contributed by atoms with Crippen molar-refractivity contribution in [1.29, 1.82) is 0 Å². The average Bonchev–Trinajstić information content (AvgIpc) is 3.29. The first-order valence-electron chi connectivity index (χ1n) is 12.9. The van der Waals surface area contributed by atoms with Gasteiger partial charge in [0.1, 0.15) is 22.9 Å². The summed E-state index contributed by atoms with van der Waals surface area (Å²) >= 11 is 6.12. The lowest BCUT2D eigenvalue weighted by Crippen LogP contribution is -2.25. The lowest BCUT2D eigenvalue weighted by atomic mass is 9.82. The monoisotopic (exact) mass is 607 g/mol. The van der Waals surface area contributed by atoms with E-state index in [1.807, 2.05) is 13.0 Å². The van der Waals surface area contributed by atoms with Crippen LogP contribution in [0.25, 0.3) is 11.2 Å². The number of rotatable bonds is 7. The van der Waals surface area contributed by atoms with Crippen molar-refractivity contribution in [2.75, 3.05) is 0 Å². The zero-order valence-corrected chi connectivity index (χ0v) is 23.5. The van der Waals surface area contributed by atoms with Crippen molar-refractivity contribution in [1.82, 2.24) is 14.7 Å². The number of carbonyl (C=O) groups excluding carboxylic acids is 1. The number of nitrogens with zero attached hydrogens (tertiary/aromatic N) is 2. The average molecular weight is 608 g/mol. The molecular formula is C30H27Cl2F4N3O2. The van der Waals surface area contributed by atoms with Gasteiger partial charge in [-0.3, -0.25) is 9.20 Å². The van der Waals surface area contributed by atoms with Crippen LogP contribution in [0.15, 0.2) is 66.9 Å². The molecule has 2 aromatic carbocycles. The number of hydrogen-bond donors (Lipinski definition) is 1. The van der Waals surface area contributed by atoms with Crippen LogP contribution >= 0.6 is 24.0 Å². The highest BCUT2D eigenvalue weighted by molar-refractivity contribution is 6.30. The van der Waals surface area contributed by atoms with Crippen LogP contribution < -0.4 is 10.1 Å². The summed E-state index contributed by atoms with van der Waals surface area (Å²) in [7, 11) is 0. The molecule has 2 aromatic heterocycles. The Morgan fingerprint density at radius 1 is 1.15 bits per heavy atom. The van der Waals surface area contributed by atoms with Gasteiger partial charge in [0.15, 0.2) is 0 Å². The van der Waals surface area contributed by atoms with Gasteiger partial charge in [-0.05, 0) is 78.6 Å². The number of halogens is 6. The smallest absolute Gasteiger partial charge is 0.406 e. The SMILES string of the molecule is CCc1nc2ccc(Cl)cn2c1C(=O)NCc1ccc(C2=CCC(c3ccc(OC(F)(F)F)cc3)CC2)c(F)c1.Cl. The lowest BCUT2D eigenvalue weighted by Gasteiger charge is -2.23. The summed E-state index contributed by atoms with van der Waals surface area (Å²) in [6, 6.07) is 14.3. The summed E-state index contributed by atoms with van der Waals surface area (Å²) in [6.45, 7) is 2.06. The molecule has 0 radical (unpaired) electrons. The minimum atomic E-state index is -4.72. The standard InChI is InChI=1S/C30H26ClF4N3O2.ClH/c1-2-26-28(38-17-22(31)10-14-27(38)37-26)29(39)36-16-18-3-13-24(25(32)15-18)21-6-4-19(5-7-21)20-8-11-23(12-9-20)40-30(33,34)35;/h3,6,8-15,17,19H,2,4-5,7,16H2,1H3,(H,36,39);1H. The fourth-order valence-corrected chi connectivity index (χ4v) is 5.23. The van der Waals surface area contributed by atoms with E-state index in [1.165, 1.54) is 18.2 Å². The minimum Gasteiger partial charge on any atom is -0.406 e. The Morgan fingerprint density at radius 2 is 1.90 bits per heavy atom. The van der Waals surface area contributed by atoms with Crippen LogP contribution in [0.5, 0.6) is 5.75 Å². The molecule has 5 rings (SSSR count). The van der Waals surface area contributed by atoms with Gasteiger partial charge >= 0.3 is 6.36 Å². The predicted molar refractivity (Wildman–Crippen MR) is 152 cm³/mol. The number of ether oxygens (including phenoxy) is 1. The highest BCUT2D eigenvalue weighted by atomic mass is 35.5. The van der Waals surface area contributed by atoms with Crippen molar-refractivity contribution in [3.63, 3.8) is 0 Å². The maximum absolute atomic E-state index is 15.1. The van der Waals surface area contributed by atoms with Gasteiger partial charge < -0.3 is 10.1 Å². The third-order valence-corrected chi connectivity index (χ3v) is 7.26. The summed E-state index contributed by atoms with van der Waals surface area (Å²) in [6.07, 6.45) is 1.50. The number of carbonyl (C=O) groups is 1. The van der Waals surface area contributed by atoms with Crippen LogP contribution in [0.1, 0.15) is 65.0 Å². The van der Waals surface area contributed by atoms with Crippen molar-refractivity contribution in [3.05, 3.63) is 106 Å². The molecular weight excluding hydrogens is 581 g/mol. The number of benzene rings is 2. The molecule has 0 fully saturated rings. The van der Waals surface area contributed by atoms with E-state index in [4.69, 9.17) is 11.6 Å². The lowest BCUT2D eigenvalue weighted by molar-refractivity contribution is -0.274. The fourth-order valence-electron chi connectivity index (χ4n) is 5.07. The number of amides is 1. The number of pyridine rings is 1. The van der Waals surface area contributed by atoms with Gasteiger partial charge in [-0.15, -0.1) is 25.6 Å². The summed E-state index contributed by atoms with van der Waals surface area (Å²) < 4.78 is 57.9. The second-order valence-electron chi connectivity index (χ2n) is 9.65. The van der Waals surface area contributed by atoms with Gasteiger partial charge in [0.05, 0.1) is 10.7 Å². The van der Waals surface area contributed by atoms with Gasteiger partial charge in [-0.2, -0.15) is 0 Å². The van der Waals surface area contributed by atoms with E-state index >= 15 is 4.39 Å². The molecule has 1 atom stereocenters. The van der Waals surface area contributed by atoms with Crippen LogP contribution in [0.3, 0.4) is 0 Å². The number of nitrogens with one attached hydrogen (secondary N) is 1. The molecule has 0 saturated carbocycles. The third kappa shape index (κ3) is 7.02. The number of hydrogen-bond acceptors (Lipinski definition) is 3. The second kappa shape index (κ2) is 12.5. The van der Waals surface area contributed by atoms with Gasteiger partial charge in [0, 0.05) is 18.3 Å². The van der Waals surface area contributed by atoms with Gasteiger partial charge in [-0.1, -0.05) is 48.9 Å². The van der Waals surface area contributed by atoms with Crippen LogP contribution in [0, 0.1) is 5.82 Å². The first-order chi connectivity index (χ1) is 19.1. The number of alkyl halides is 3. The molecule has 0 saturated heterocycles. The van der Waals surface area contributed by atoms with Gasteiger partial charge in [0.2, 0.25) is 0 Å². The Morgan fingerprint density at radius 3 is 2.54 bits per heavy atom. The summed E-state index contributed by atoms with van der Waals surface area (Å²) in [5.41, 5.74) is 4.60. The summed E-state index contributed by atoms with van der Waals surface area (Å²) in [4.78, 5) is 17.5. The summed E-state index contributed by atoms with van der Waals surface area (Å²) in [5.74, 6) is -0.824. The van der Waals surface area contributed by atoms with Crippen molar-refractivity contribution < 1.29 is 27.1 Å². The largest absolute Gasteiger partial charge is 0.573 e. The van der Waals surface area contributed by atoms with Gasteiger partial charge in [-0.25, -0.2) is 9.37 Å². The molecule has 1 unspecified atom stereocenters. The maximum Gasteiger partial charge on any atom is 0.573 e. The van der Waals surface area contributed by atoms with Crippen molar-refractivity contribution in [2.24, 2.45) is 0 Å². The molecule has 1 aliphatic carbocycles. The van der Waals surface area contributed by atoms with Crippen molar-refractivity contribution in [2.45, 2.75) is 51.4 Å². The zero-order valence-electron chi connectivity index (χ0n) is 22.0. The normalized spacial score (nSPS) is 15.3. The van der Waals surface area contributed by atoms with Crippen LogP contribution in [0.2, 0.25) is 5.02 Å². The molecule has 11 heteroatoms. The molecule has 5 nitrogen and oxygen atoms in total. The van der Waals surface area contributed by atoms with E-state index in [0.29, 0.717) is 52.4 Å². The van der Waals surface area contributed by atoms with Gasteiger partial charge in [0.25, 0.3) is 5.91 Å².